The molecule has 0 aliphatic rings. The molecule has 12 heavy (non-hydrogen) atoms. The molecule has 0 bridgehead atoms. The number of rotatable bonds is 2. The first kappa shape index (κ1) is 9.00. The van der Waals surface area contributed by atoms with E-state index in [1.807, 2.05) is 0 Å². The van der Waals surface area contributed by atoms with Crippen LogP contribution in [0.3, 0.4) is 0 Å². The van der Waals surface area contributed by atoms with Crippen molar-refractivity contribution in [3.05, 3.63) is 17.4 Å². The van der Waals surface area contributed by atoms with Crippen LogP contribution in [-0.4, -0.2) is 11.4 Å². The van der Waals surface area contributed by atoms with Gasteiger partial charge in [-0.2, -0.15) is 0 Å². The third-order valence-electron chi connectivity index (χ3n) is 1.32. The lowest BCUT2D eigenvalue weighted by Crippen LogP contribution is -1.84. The lowest BCUT2D eigenvalue weighted by Gasteiger charge is -1.89. The van der Waals surface area contributed by atoms with E-state index in [2.05, 4.69) is 4.99 Å². The van der Waals surface area contributed by atoms with E-state index in [0.29, 0.717) is 17.2 Å². The van der Waals surface area contributed by atoms with Crippen molar-refractivity contribution in [2.24, 2.45) is 4.99 Å². The predicted molar refractivity (Wildman–Crippen MR) is 50.0 cm³/mol. The Labute approximate surface area is 75.6 Å². The molecule has 1 aromatic rings. The SMILES string of the molecule is C/C=N/c1oc(C)cc1C(=N)Cl. The Morgan fingerprint density at radius 1 is 1.75 bits per heavy atom. The zero-order chi connectivity index (χ0) is 9.14. The highest BCUT2D eigenvalue weighted by atomic mass is 35.5. The summed E-state index contributed by atoms with van der Waals surface area (Å²) in [4.78, 5) is 3.93. The molecule has 0 fully saturated rings. The Morgan fingerprint density at radius 3 is 2.92 bits per heavy atom. The van der Waals surface area contributed by atoms with E-state index in [1.54, 1.807) is 26.1 Å². The van der Waals surface area contributed by atoms with Crippen LogP contribution < -0.4 is 0 Å². The van der Waals surface area contributed by atoms with Crippen LogP contribution in [0.15, 0.2) is 15.5 Å². The van der Waals surface area contributed by atoms with Gasteiger partial charge in [-0.25, -0.2) is 4.99 Å². The molecule has 0 spiro atoms. The van der Waals surface area contributed by atoms with Crippen molar-refractivity contribution < 1.29 is 4.42 Å². The van der Waals surface area contributed by atoms with Gasteiger partial charge in [-0.1, -0.05) is 11.6 Å². The van der Waals surface area contributed by atoms with Crippen LogP contribution >= 0.6 is 11.6 Å². The second-order valence-corrected chi connectivity index (χ2v) is 2.66. The molecule has 64 valence electrons. The fourth-order valence-electron chi connectivity index (χ4n) is 0.872. The minimum absolute atomic E-state index is 0.0487. The lowest BCUT2D eigenvalue weighted by molar-refractivity contribution is 0.545. The summed E-state index contributed by atoms with van der Waals surface area (Å²) in [6.07, 6.45) is 1.60. The van der Waals surface area contributed by atoms with Gasteiger partial charge in [0.1, 0.15) is 10.9 Å². The average Bonchev–Trinajstić information content (AvgIpc) is 2.32. The van der Waals surface area contributed by atoms with E-state index in [0.717, 1.165) is 0 Å². The van der Waals surface area contributed by atoms with Crippen molar-refractivity contribution in [3.63, 3.8) is 0 Å². The minimum Gasteiger partial charge on any atom is -0.443 e. The molecule has 0 aliphatic heterocycles. The molecular weight excluding hydrogens is 176 g/mol. The molecule has 0 radical (unpaired) electrons. The Kier molecular flexibility index (Phi) is 2.65. The summed E-state index contributed by atoms with van der Waals surface area (Å²) in [5.74, 6) is 1.10. The summed E-state index contributed by atoms with van der Waals surface area (Å²) in [5, 5.41) is 7.15. The number of aryl methyl sites for hydroxylation is 1. The summed E-state index contributed by atoms with van der Waals surface area (Å²) in [6, 6.07) is 1.69. The number of halogens is 1. The van der Waals surface area contributed by atoms with E-state index >= 15 is 0 Å². The first-order valence-corrected chi connectivity index (χ1v) is 3.86. The van der Waals surface area contributed by atoms with Crippen LogP contribution in [0.1, 0.15) is 18.2 Å². The summed E-state index contributed by atoms with van der Waals surface area (Å²) < 4.78 is 5.19. The molecule has 0 aliphatic carbocycles. The van der Waals surface area contributed by atoms with E-state index in [4.69, 9.17) is 21.4 Å². The molecule has 0 saturated heterocycles. The van der Waals surface area contributed by atoms with Gasteiger partial charge >= 0.3 is 0 Å². The lowest BCUT2D eigenvalue weighted by atomic mass is 10.3. The third-order valence-corrected chi connectivity index (χ3v) is 1.52. The molecule has 0 amide bonds. The van der Waals surface area contributed by atoms with Gasteiger partial charge in [-0.05, 0) is 19.9 Å². The molecule has 0 unspecified atom stereocenters. The van der Waals surface area contributed by atoms with E-state index in [1.165, 1.54) is 0 Å². The van der Waals surface area contributed by atoms with Crippen LogP contribution in [0.2, 0.25) is 0 Å². The first-order valence-electron chi connectivity index (χ1n) is 3.48. The quantitative estimate of drug-likeness (QED) is 0.706. The second kappa shape index (κ2) is 3.54. The molecule has 1 heterocycles. The number of furan rings is 1. The standard InChI is InChI=1S/C8H9ClN2O/c1-3-11-8-6(7(9)10)4-5(2)12-8/h3-4,10H,1-2H3/b10-7?,11-3+. The fraction of sp³-hybridized carbons (Fsp3) is 0.250. The third kappa shape index (κ3) is 1.74. The van der Waals surface area contributed by atoms with Crippen LogP contribution in [0.4, 0.5) is 5.88 Å². The van der Waals surface area contributed by atoms with E-state index < -0.39 is 0 Å². The smallest absolute Gasteiger partial charge is 0.228 e. The van der Waals surface area contributed by atoms with Crippen LogP contribution in [0, 0.1) is 12.3 Å². The summed E-state index contributed by atoms with van der Waals surface area (Å²) in [7, 11) is 0. The van der Waals surface area contributed by atoms with Crippen LogP contribution in [0.5, 0.6) is 0 Å². The second-order valence-electron chi connectivity index (χ2n) is 2.28. The van der Waals surface area contributed by atoms with Gasteiger partial charge in [0.05, 0.1) is 5.56 Å². The molecule has 1 N–H and O–H groups in total. The van der Waals surface area contributed by atoms with Gasteiger partial charge in [-0.15, -0.1) is 0 Å². The predicted octanol–water partition coefficient (Wildman–Crippen LogP) is 2.87. The summed E-state index contributed by atoms with van der Waals surface area (Å²) in [5.41, 5.74) is 0.535. The molecule has 1 rings (SSSR count). The first-order chi connectivity index (χ1) is 5.65. The highest BCUT2D eigenvalue weighted by Gasteiger charge is 2.09. The number of nitrogens with zero attached hydrogens (tertiary/aromatic N) is 1. The van der Waals surface area contributed by atoms with E-state index in [9.17, 15) is 0 Å². The normalized spacial score (nSPS) is 10.9. The monoisotopic (exact) mass is 184 g/mol. The molecule has 3 nitrogen and oxygen atoms in total. The maximum Gasteiger partial charge on any atom is 0.228 e. The van der Waals surface area contributed by atoms with Crippen molar-refractivity contribution in [3.8, 4) is 0 Å². The van der Waals surface area contributed by atoms with Gasteiger partial charge < -0.3 is 4.42 Å². The Balaban J connectivity index is 3.17. The van der Waals surface area contributed by atoms with Crippen LogP contribution in [0.25, 0.3) is 0 Å². The highest BCUT2D eigenvalue weighted by molar-refractivity contribution is 6.69. The molecule has 0 atom stereocenters. The van der Waals surface area contributed by atoms with E-state index in [-0.39, 0.29) is 5.17 Å². The number of hydrogen-bond acceptors (Lipinski definition) is 3. The Bertz CT molecular complexity index is 328. The maximum atomic E-state index is 7.20. The van der Waals surface area contributed by atoms with Gasteiger partial charge in [-0.3, -0.25) is 5.41 Å². The van der Waals surface area contributed by atoms with Crippen molar-refractivity contribution >= 4 is 28.9 Å². The number of hydrogen-bond donors (Lipinski definition) is 1. The van der Waals surface area contributed by atoms with Crippen molar-refractivity contribution in [2.75, 3.05) is 0 Å². The maximum absolute atomic E-state index is 7.20. The zero-order valence-corrected chi connectivity index (χ0v) is 7.64. The van der Waals surface area contributed by atoms with Gasteiger partial charge in [0, 0.05) is 6.21 Å². The number of aliphatic imine (C=N–C) groups is 1. The largest absolute Gasteiger partial charge is 0.443 e. The van der Waals surface area contributed by atoms with Crippen molar-refractivity contribution in [1.29, 1.82) is 5.41 Å². The fourth-order valence-corrected chi connectivity index (χ4v) is 1.01. The topological polar surface area (TPSA) is 49.4 Å². The number of nitrogens with one attached hydrogen (secondary N) is 1. The molecule has 1 aromatic heterocycles. The highest BCUT2D eigenvalue weighted by Crippen LogP contribution is 2.24. The molecule has 4 heteroatoms. The summed E-state index contributed by atoms with van der Waals surface area (Å²) in [6.45, 7) is 3.57. The molecular formula is C8H9ClN2O. The van der Waals surface area contributed by atoms with Crippen LogP contribution in [-0.2, 0) is 0 Å². The van der Waals surface area contributed by atoms with Gasteiger partial charge in [0.25, 0.3) is 0 Å². The summed E-state index contributed by atoms with van der Waals surface area (Å²) >= 11 is 5.51. The van der Waals surface area contributed by atoms with Crippen molar-refractivity contribution in [2.45, 2.75) is 13.8 Å². The minimum atomic E-state index is -0.0487. The average molecular weight is 185 g/mol. The van der Waals surface area contributed by atoms with Gasteiger partial charge in [0.2, 0.25) is 5.88 Å². The molecule has 0 aromatic carbocycles. The van der Waals surface area contributed by atoms with Gasteiger partial charge in [0.15, 0.2) is 0 Å². The molecule has 0 saturated carbocycles. The zero-order valence-electron chi connectivity index (χ0n) is 6.89. The Hall–Kier alpha value is -1.09. The van der Waals surface area contributed by atoms with Crippen molar-refractivity contribution in [1.82, 2.24) is 0 Å². The Morgan fingerprint density at radius 2 is 2.42 bits per heavy atom.